The number of hydrogen-bond acceptors (Lipinski definition) is 5. The van der Waals surface area contributed by atoms with Crippen molar-refractivity contribution < 1.29 is 14.4 Å². The lowest BCUT2D eigenvalue weighted by Gasteiger charge is -2.20. The molecular formula is C20H26N4O3S. The Bertz CT molecular complexity index is 793. The summed E-state index contributed by atoms with van der Waals surface area (Å²) in [6, 6.07) is 6.71. The molecule has 1 aromatic rings. The molecule has 7 nitrogen and oxygen atoms in total. The minimum atomic E-state index is -0.465. The highest BCUT2D eigenvalue weighted by molar-refractivity contribution is 8.15. The summed E-state index contributed by atoms with van der Waals surface area (Å²) in [5.41, 5.74) is 0.803. The third kappa shape index (κ3) is 5.34. The topological polar surface area (TPSA) is 90.9 Å². The summed E-state index contributed by atoms with van der Waals surface area (Å²) >= 11 is 1.38. The molecule has 1 aromatic carbocycles. The highest BCUT2D eigenvalue weighted by atomic mass is 32.2. The monoisotopic (exact) mass is 402 g/mol. The first-order valence-corrected chi connectivity index (χ1v) is 10.4. The zero-order valence-corrected chi connectivity index (χ0v) is 17.3. The second kappa shape index (κ2) is 8.34. The lowest BCUT2D eigenvalue weighted by molar-refractivity contribution is -0.121. The Morgan fingerprint density at radius 1 is 1.18 bits per heavy atom. The molecular weight excluding hydrogens is 376 g/mol. The molecule has 0 bridgehead atoms. The molecule has 1 atom stereocenters. The van der Waals surface area contributed by atoms with Gasteiger partial charge in [0.1, 0.15) is 5.25 Å². The SMILES string of the molecule is CC(C)(C)NC(=O)c1ccc(NC(=O)C[C@@H]2SC(N3CCCC3)=NC2=O)cc1. The standard InChI is InChI=1S/C20H26N4O3S/c1-20(2,3)23-17(26)13-6-8-14(9-7-13)21-16(25)12-15-18(27)22-19(28-15)24-10-4-5-11-24/h6-9,15H,4-5,10-12H2,1-3H3,(H,21,25)(H,23,26)/t15-/m0/s1. The van der Waals surface area contributed by atoms with E-state index in [1.807, 2.05) is 20.8 Å². The van der Waals surface area contributed by atoms with E-state index in [2.05, 4.69) is 20.5 Å². The van der Waals surface area contributed by atoms with Crippen LogP contribution >= 0.6 is 11.8 Å². The molecule has 0 unspecified atom stereocenters. The average Bonchev–Trinajstić information content (AvgIpc) is 3.24. The van der Waals surface area contributed by atoms with Crippen molar-refractivity contribution in [1.82, 2.24) is 10.2 Å². The first kappa shape index (κ1) is 20.4. The van der Waals surface area contributed by atoms with Crippen molar-refractivity contribution in [3.8, 4) is 0 Å². The van der Waals surface area contributed by atoms with Crippen LogP contribution in [-0.4, -0.2) is 51.7 Å². The van der Waals surface area contributed by atoms with E-state index >= 15 is 0 Å². The minimum Gasteiger partial charge on any atom is -0.351 e. The third-order valence-electron chi connectivity index (χ3n) is 4.40. The first-order chi connectivity index (χ1) is 13.2. The van der Waals surface area contributed by atoms with Gasteiger partial charge in [-0.1, -0.05) is 11.8 Å². The van der Waals surface area contributed by atoms with Crippen molar-refractivity contribution in [2.24, 2.45) is 4.99 Å². The number of hydrogen-bond donors (Lipinski definition) is 2. The average molecular weight is 403 g/mol. The summed E-state index contributed by atoms with van der Waals surface area (Å²) in [4.78, 5) is 42.8. The Morgan fingerprint density at radius 3 is 2.43 bits per heavy atom. The maximum atomic E-state index is 12.3. The zero-order valence-electron chi connectivity index (χ0n) is 16.4. The molecule has 2 aliphatic rings. The van der Waals surface area contributed by atoms with Crippen LogP contribution in [0.3, 0.4) is 0 Å². The van der Waals surface area contributed by atoms with Crippen molar-refractivity contribution in [2.45, 2.75) is 50.8 Å². The molecule has 0 radical (unpaired) electrons. The summed E-state index contributed by atoms with van der Waals surface area (Å²) in [7, 11) is 0. The number of nitrogens with zero attached hydrogens (tertiary/aromatic N) is 2. The third-order valence-corrected chi connectivity index (χ3v) is 5.61. The predicted molar refractivity (Wildman–Crippen MR) is 112 cm³/mol. The normalized spacial score (nSPS) is 19.5. The molecule has 1 saturated heterocycles. The van der Waals surface area contributed by atoms with Crippen molar-refractivity contribution in [3.05, 3.63) is 29.8 Å². The molecule has 150 valence electrons. The van der Waals surface area contributed by atoms with Crippen LogP contribution in [0.1, 0.15) is 50.4 Å². The van der Waals surface area contributed by atoms with Gasteiger partial charge in [0.15, 0.2) is 5.17 Å². The second-order valence-corrected chi connectivity index (χ2v) is 9.24. The van der Waals surface area contributed by atoms with Crippen LogP contribution in [0.4, 0.5) is 5.69 Å². The number of carbonyl (C=O) groups is 3. The summed E-state index contributed by atoms with van der Waals surface area (Å²) in [6.45, 7) is 7.60. The number of likely N-dealkylation sites (tertiary alicyclic amines) is 1. The van der Waals surface area contributed by atoms with E-state index in [-0.39, 0.29) is 29.7 Å². The first-order valence-electron chi connectivity index (χ1n) is 9.48. The van der Waals surface area contributed by atoms with Crippen LogP contribution in [0.15, 0.2) is 29.3 Å². The Hall–Kier alpha value is -2.35. The van der Waals surface area contributed by atoms with Gasteiger partial charge < -0.3 is 15.5 Å². The highest BCUT2D eigenvalue weighted by Crippen LogP contribution is 2.29. The maximum absolute atomic E-state index is 12.3. The fourth-order valence-corrected chi connectivity index (χ4v) is 4.17. The van der Waals surface area contributed by atoms with Crippen LogP contribution in [0.25, 0.3) is 0 Å². The van der Waals surface area contributed by atoms with Gasteiger partial charge in [0.05, 0.1) is 0 Å². The molecule has 3 rings (SSSR count). The number of rotatable bonds is 4. The molecule has 2 N–H and O–H groups in total. The summed E-state index contributed by atoms with van der Waals surface area (Å²) in [5.74, 6) is -0.642. The minimum absolute atomic E-state index is 0.0800. The lowest BCUT2D eigenvalue weighted by Crippen LogP contribution is -2.40. The van der Waals surface area contributed by atoms with Crippen LogP contribution in [-0.2, 0) is 9.59 Å². The van der Waals surface area contributed by atoms with Crippen molar-refractivity contribution in [2.75, 3.05) is 18.4 Å². The molecule has 3 amide bonds. The van der Waals surface area contributed by atoms with E-state index < -0.39 is 5.25 Å². The number of amides is 3. The molecule has 0 spiro atoms. The van der Waals surface area contributed by atoms with Gasteiger partial charge in [-0.3, -0.25) is 14.4 Å². The number of carbonyl (C=O) groups excluding carboxylic acids is 3. The Kier molecular flexibility index (Phi) is 6.07. The van der Waals surface area contributed by atoms with Crippen LogP contribution in [0, 0.1) is 0 Å². The van der Waals surface area contributed by atoms with E-state index in [1.54, 1.807) is 24.3 Å². The van der Waals surface area contributed by atoms with Crippen molar-refractivity contribution in [3.63, 3.8) is 0 Å². The lowest BCUT2D eigenvalue weighted by atomic mass is 10.1. The maximum Gasteiger partial charge on any atom is 0.262 e. The molecule has 28 heavy (non-hydrogen) atoms. The molecule has 2 heterocycles. The van der Waals surface area contributed by atoms with E-state index in [0.717, 1.165) is 31.1 Å². The quantitative estimate of drug-likeness (QED) is 0.808. The molecule has 0 saturated carbocycles. The number of nitrogens with one attached hydrogen (secondary N) is 2. The van der Waals surface area contributed by atoms with Crippen LogP contribution < -0.4 is 10.6 Å². The smallest absolute Gasteiger partial charge is 0.262 e. The number of thioether (sulfide) groups is 1. The van der Waals surface area contributed by atoms with Gasteiger partial charge in [-0.25, -0.2) is 0 Å². The number of anilines is 1. The fraction of sp³-hybridized carbons (Fsp3) is 0.500. The highest BCUT2D eigenvalue weighted by Gasteiger charge is 2.33. The van der Waals surface area contributed by atoms with Crippen LogP contribution in [0.5, 0.6) is 0 Å². The predicted octanol–water partition coefficient (Wildman–Crippen LogP) is 2.64. The summed E-state index contributed by atoms with van der Waals surface area (Å²) < 4.78 is 0. The van der Waals surface area contributed by atoms with Gasteiger partial charge in [0, 0.05) is 36.3 Å². The van der Waals surface area contributed by atoms with E-state index in [4.69, 9.17) is 0 Å². The summed E-state index contributed by atoms with van der Waals surface area (Å²) in [6.07, 6.45) is 2.31. The molecule has 2 aliphatic heterocycles. The number of benzene rings is 1. The van der Waals surface area contributed by atoms with Gasteiger partial charge in [0.2, 0.25) is 5.91 Å². The Labute approximate surface area is 169 Å². The molecule has 8 heteroatoms. The van der Waals surface area contributed by atoms with Gasteiger partial charge in [-0.2, -0.15) is 4.99 Å². The number of amidine groups is 1. The van der Waals surface area contributed by atoms with Crippen molar-refractivity contribution >= 4 is 40.3 Å². The van der Waals surface area contributed by atoms with Crippen molar-refractivity contribution in [1.29, 1.82) is 0 Å². The van der Waals surface area contributed by atoms with Gasteiger partial charge in [-0.05, 0) is 57.9 Å². The summed E-state index contributed by atoms with van der Waals surface area (Å²) in [5, 5.41) is 5.96. The van der Waals surface area contributed by atoms with Gasteiger partial charge in [-0.15, -0.1) is 0 Å². The second-order valence-electron chi connectivity index (χ2n) is 8.07. The van der Waals surface area contributed by atoms with E-state index in [9.17, 15) is 14.4 Å². The molecule has 0 aliphatic carbocycles. The molecule has 1 fully saturated rings. The number of aliphatic imine (C=N–C) groups is 1. The van der Waals surface area contributed by atoms with E-state index in [0.29, 0.717) is 11.3 Å². The van der Waals surface area contributed by atoms with Crippen LogP contribution in [0.2, 0.25) is 0 Å². The molecule has 0 aromatic heterocycles. The van der Waals surface area contributed by atoms with Gasteiger partial charge in [0.25, 0.3) is 11.8 Å². The van der Waals surface area contributed by atoms with E-state index in [1.165, 1.54) is 11.8 Å². The zero-order chi connectivity index (χ0) is 20.3. The fourth-order valence-electron chi connectivity index (χ4n) is 3.05. The Morgan fingerprint density at radius 2 is 1.82 bits per heavy atom. The Balaban J connectivity index is 1.51. The van der Waals surface area contributed by atoms with Gasteiger partial charge >= 0.3 is 0 Å². The largest absolute Gasteiger partial charge is 0.351 e.